The highest BCUT2D eigenvalue weighted by Gasteiger charge is 2.22. The molecule has 0 unspecified atom stereocenters. The highest BCUT2D eigenvalue weighted by atomic mass is 16.5. The van der Waals surface area contributed by atoms with Gasteiger partial charge in [-0.2, -0.15) is 10.4 Å². The number of ether oxygens (including phenoxy) is 1. The van der Waals surface area contributed by atoms with Crippen LogP contribution in [0.2, 0.25) is 0 Å². The summed E-state index contributed by atoms with van der Waals surface area (Å²) in [4.78, 5) is 7.09. The smallest absolute Gasteiger partial charge is 0.128 e. The largest absolute Gasteiger partial charge is 0.457 e. The number of aromatic amines is 1. The average molecular weight is 395 g/mol. The predicted molar refractivity (Wildman–Crippen MR) is 115 cm³/mol. The van der Waals surface area contributed by atoms with Crippen LogP contribution in [-0.2, 0) is 6.54 Å². The molecular formula is C24H21N5O. The van der Waals surface area contributed by atoms with Gasteiger partial charge >= 0.3 is 0 Å². The minimum atomic E-state index is 0.152. The molecule has 1 N–H and O–H groups in total. The van der Waals surface area contributed by atoms with E-state index in [0.29, 0.717) is 0 Å². The summed E-state index contributed by atoms with van der Waals surface area (Å²) in [6, 6.07) is 22.3. The topological polar surface area (TPSA) is 77.8 Å². The maximum absolute atomic E-state index is 9.07. The van der Waals surface area contributed by atoms with Gasteiger partial charge in [0, 0.05) is 24.7 Å². The van der Waals surface area contributed by atoms with Crippen molar-refractivity contribution in [2.45, 2.75) is 13.0 Å². The lowest BCUT2D eigenvalue weighted by molar-refractivity contribution is 0.321. The van der Waals surface area contributed by atoms with Crippen molar-refractivity contribution in [3.05, 3.63) is 72.6 Å². The van der Waals surface area contributed by atoms with Crippen molar-refractivity contribution in [3.63, 3.8) is 0 Å². The maximum atomic E-state index is 9.07. The molecule has 0 saturated carbocycles. The molecule has 2 aromatic heterocycles. The molecule has 0 spiro atoms. The van der Waals surface area contributed by atoms with Crippen LogP contribution >= 0.6 is 0 Å². The zero-order chi connectivity index (χ0) is 20.3. The van der Waals surface area contributed by atoms with Crippen molar-refractivity contribution in [3.8, 4) is 28.8 Å². The lowest BCUT2D eigenvalue weighted by atomic mass is 10.1. The fraction of sp³-hybridized carbons (Fsp3) is 0.208. The lowest BCUT2D eigenvalue weighted by Crippen LogP contribution is -2.20. The fourth-order valence-electron chi connectivity index (χ4n) is 3.86. The Labute approximate surface area is 174 Å². The molecule has 0 radical (unpaired) electrons. The minimum absolute atomic E-state index is 0.152. The van der Waals surface area contributed by atoms with Gasteiger partial charge in [0.1, 0.15) is 11.5 Å². The summed E-state index contributed by atoms with van der Waals surface area (Å²) in [5, 5.41) is 17.1. The van der Waals surface area contributed by atoms with E-state index in [1.54, 1.807) is 6.20 Å². The summed E-state index contributed by atoms with van der Waals surface area (Å²) in [5.74, 6) is 1.71. The Bertz CT molecular complexity index is 1190. The van der Waals surface area contributed by atoms with Crippen molar-refractivity contribution >= 4 is 10.9 Å². The van der Waals surface area contributed by atoms with Gasteiger partial charge in [0.25, 0.3) is 0 Å². The Hall–Kier alpha value is -3.69. The van der Waals surface area contributed by atoms with Crippen molar-refractivity contribution in [1.82, 2.24) is 20.1 Å². The second-order valence-electron chi connectivity index (χ2n) is 7.60. The maximum Gasteiger partial charge on any atom is 0.128 e. The molecule has 1 fully saturated rings. The molecule has 5 rings (SSSR count). The van der Waals surface area contributed by atoms with Gasteiger partial charge in [-0.1, -0.05) is 6.07 Å². The third kappa shape index (κ3) is 3.88. The molecule has 1 aliphatic rings. The molecule has 6 nitrogen and oxygen atoms in total. The highest BCUT2D eigenvalue weighted by Crippen LogP contribution is 2.27. The van der Waals surface area contributed by atoms with E-state index in [-0.39, 0.29) is 5.92 Å². The van der Waals surface area contributed by atoms with Crippen molar-refractivity contribution < 1.29 is 4.74 Å². The molecule has 0 amide bonds. The molecule has 30 heavy (non-hydrogen) atoms. The lowest BCUT2D eigenvalue weighted by Gasteiger charge is -2.14. The summed E-state index contributed by atoms with van der Waals surface area (Å²) < 4.78 is 6.03. The predicted octanol–water partition coefficient (Wildman–Crippen LogP) is 4.76. The fourth-order valence-corrected chi connectivity index (χ4v) is 3.86. The number of benzene rings is 2. The zero-order valence-corrected chi connectivity index (χ0v) is 16.5. The Morgan fingerprint density at radius 2 is 1.93 bits per heavy atom. The number of nitriles is 1. The van der Waals surface area contributed by atoms with E-state index in [9.17, 15) is 0 Å². The van der Waals surface area contributed by atoms with Crippen LogP contribution in [0, 0.1) is 17.2 Å². The normalized spacial score (nSPS) is 16.6. The van der Waals surface area contributed by atoms with Gasteiger partial charge in [-0.05, 0) is 73.1 Å². The number of pyridine rings is 1. The molecule has 3 heterocycles. The van der Waals surface area contributed by atoms with E-state index in [4.69, 9.17) is 15.0 Å². The summed E-state index contributed by atoms with van der Waals surface area (Å²) in [5.41, 5.74) is 4.02. The molecule has 1 aliphatic heterocycles. The van der Waals surface area contributed by atoms with E-state index in [1.807, 2.05) is 48.5 Å². The van der Waals surface area contributed by atoms with Crippen LogP contribution in [0.3, 0.4) is 0 Å². The molecule has 0 bridgehead atoms. The van der Waals surface area contributed by atoms with E-state index < -0.39 is 0 Å². The number of likely N-dealkylation sites (tertiary alicyclic amines) is 1. The van der Waals surface area contributed by atoms with Gasteiger partial charge in [-0.3, -0.25) is 15.0 Å². The Morgan fingerprint density at radius 1 is 1.07 bits per heavy atom. The zero-order valence-electron chi connectivity index (χ0n) is 16.5. The van der Waals surface area contributed by atoms with Crippen LogP contribution in [-0.4, -0.2) is 33.2 Å². The molecule has 1 saturated heterocycles. The standard InChI is InChI=1S/C24H21N5O/c25-14-17-10-12-29(15-17)16-20-4-1-19-13-22(7-8-23(19)27-20)30-21-5-2-18(3-6-21)24-9-11-26-28-24/h1-9,11,13,17H,10,12,15-16H2,(H,26,28)/t17-/m0/s1. The summed E-state index contributed by atoms with van der Waals surface area (Å²) in [6.45, 7) is 2.58. The quantitative estimate of drug-likeness (QED) is 0.527. The third-order valence-electron chi connectivity index (χ3n) is 5.46. The second-order valence-corrected chi connectivity index (χ2v) is 7.60. The van der Waals surface area contributed by atoms with Gasteiger partial charge < -0.3 is 4.74 Å². The summed E-state index contributed by atoms with van der Waals surface area (Å²) in [7, 11) is 0. The Kier molecular flexibility index (Phi) is 4.88. The number of aromatic nitrogens is 3. The van der Waals surface area contributed by atoms with E-state index in [0.717, 1.165) is 65.4 Å². The molecule has 4 aromatic rings. The SMILES string of the molecule is N#C[C@@H]1CCN(Cc2ccc3cc(Oc4ccc(-c5ccn[nH]5)cc4)ccc3n2)C1. The Balaban J connectivity index is 1.29. The van der Waals surface area contributed by atoms with Crippen LogP contribution in [0.5, 0.6) is 11.5 Å². The first-order chi connectivity index (χ1) is 14.8. The number of nitrogens with one attached hydrogen (secondary N) is 1. The number of H-pyrrole nitrogens is 1. The molecule has 148 valence electrons. The molecule has 1 atom stereocenters. The number of nitrogens with zero attached hydrogens (tertiary/aromatic N) is 4. The van der Waals surface area contributed by atoms with E-state index in [1.165, 1.54) is 0 Å². The van der Waals surface area contributed by atoms with Gasteiger partial charge in [0.05, 0.1) is 28.9 Å². The monoisotopic (exact) mass is 395 g/mol. The van der Waals surface area contributed by atoms with E-state index in [2.05, 4.69) is 33.3 Å². The third-order valence-corrected chi connectivity index (χ3v) is 5.46. The van der Waals surface area contributed by atoms with Crippen LogP contribution in [0.4, 0.5) is 0 Å². The Morgan fingerprint density at radius 3 is 2.70 bits per heavy atom. The highest BCUT2D eigenvalue weighted by molar-refractivity contribution is 5.80. The number of hydrogen-bond acceptors (Lipinski definition) is 5. The van der Waals surface area contributed by atoms with Crippen LogP contribution in [0.1, 0.15) is 12.1 Å². The molecular weight excluding hydrogens is 374 g/mol. The van der Waals surface area contributed by atoms with Crippen LogP contribution in [0.25, 0.3) is 22.2 Å². The second kappa shape index (κ2) is 7.97. The number of hydrogen-bond donors (Lipinski definition) is 1. The number of rotatable bonds is 5. The van der Waals surface area contributed by atoms with Crippen molar-refractivity contribution in [2.24, 2.45) is 5.92 Å². The first-order valence-electron chi connectivity index (χ1n) is 10.1. The first kappa shape index (κ1) is 18.3. The summed E-state index contributed by atoms with van der Waals surface area (Å²) >= 11 is 0. The molecule has 2 aromatic carbocycles. The first-order valence-corrected chi connectivity index (χ1v) is 10.1. The summed E-state index contributed by atoms with van der Waals surface area (Å²) in [6.07, 6.45) is 2.69. The van der Waals surface area contributed by atoms with Gasteiger partial charge in [-0.25, -0.2) is 0 Å². The van der Waals surface area contributed by atoms with Crippen molar-refractivity contribution in [2.75, 3.05) is 13.1 Å². The molecule has 6 heteroatoms. The average Bonchev–Trinajstić information content (AvgIpc) is 3.47. The van der Waals surface area contributed by atoms with Gasteiger partial charge in [0.15, 0.2) is 0 Å². The van der Waals surface area contributed by atoms with Crippen LogP contribution < -0.4 is 4.74 Å². The van der Waals surface area contributed by atoms with Crippen molar-refractivity contribution in [1.29, 1.82) is 5.26 Å². The number of fused-ring (bicyclic) bond motifs is 1. The van der Waals surface area contributed by atoms with Gasteiger partial charge in [-0.15, -0.1) is 0 Å². The molecule has 0 aliphatic carbocycles. The minimum Gasteiger partial charge on any atom is -0.457 e. The van der Waals surface area contributed by atoms with Crippen LogP contribution in [0.15, 0.2) is 66.9 Å². The van der Waals surface area contributed by atoms with Gasteiger partial charge in [0.2, 0.25) is 0 Å². The van der Waals surface area contributed by atoms with E-state index >= 15 is 0 Å².